The monoisotopic (exact) mass is 1040 g/mol. The van der Waals surface area contributed by atoms with Crippen LogP contribution in [0.5, 0.6) is 0 Å². The summed E-state index contributed by atoms with van der Waals surface area (Å²) in [6.45, 7) is 0. The largest absolute Gasteiger partial charge is 0.310 e. The minimum Gasteiger partial charge on any atom is -0.310 e. The first kappa shape index (κ1) is 48.2. The second-order valence-electron chi connectivity index (χ2n) is 20.2. The molecule has 0 N–H and O–H groups in total. The second-order valence-corrected chi connectivity index (χ2v) is 21.2. The van der Waals surface area contributed by atoms with E-state index in [1.165, 1.54) is 42.8 Å². The summed E-state index contributed by atoms with van der Waals surface area (Å²) in [5.74, 6) is 0. The SMILES string of the molecule is c1ccc(N(c2ccccc2)c2cc(-c3ccc4c(c3)Cc3c-4sc4cc(-c5cc(N(c6ccccc6)c6ccccc6)cc(N(c6ccccc6)c6ccccc6)c5)ccc34)cc(N(c3ccccc3)c3ccccc3)c2)cc1. The number of rotatable bonds is 14. The molecule has 13 aromatic rings. The van der Waals surface area contributed by atoms with Crippen LogP contribution in [-0.4, -0.2) is 0 Å². The standard InChI is InChI=1S/C75H54N4S/c1-9-25-59(26-10-1)76(60-27-11-2-12-28-60)67-46-56(47-68(52-67)77(61-29-13-3-14-30-61)62-31-15-4-16-32-62)54-41-43-71-58(45-54)50-73-72-44-42-55(51-74(72)80-75(71)73)57-48-69(78(63-33-17-5-18-34-63)64-35-19-6-20-36-64)53-70(49-57)79(65-37-21-7-22-38-65)66-39-23-8-24-40-66/h1-49,51-53H,50H2. The summed E-state index contributed by atoms with van der Waals surface area (Å²) >= 11 is 1.92. The molecule has 4 nitrogen and oxygen atoms in total. The van der Waals surface area contributed by atoms with E-state index in [1.807, 2.05) is 11.3 Å². The van der Waals surface area contributed by atoms with Gasteiger partial charge in [0.1, 0.15) is 0 Å². The first-order chi connectivity index (χ1) is 39.7. The molecule has 12 aromatic carbocycles. The van der Waals surface area contributed by atoms with Gasteiger partial charge in [0.05, 0.1) is 0 Å². The zero-order valence-corrected chi connectivity index (χ0v) is 44.7. The minimum atomic E-state index is 0.872. The molecular formula is C75H54N4S. The van der Waals surface area contributed by atoms with Gasteiger partial charge in [-0.2, -0.15) is 0 Å². The number of fused-ring (bicyclic) bond motifs is 5. The molecule has 0 atom stereocenters. The van der Waals surface area contributed by atoms with Crippen LogP contribution in [0.25, 0.3) is 42.8 Å². The van der Waals surface area contributed by atoms with Crippen molar-refractivity contribution >= 4 is 89.7 Å². The van der Waals surface area contributed by atoms with Crippen molar-refractivity contribution in [3.8, 4) is 32.7 Å². The third kappa shape index (κ3) is 9.36. The van der Waals surface area contributed by atoms with E-state index in [0.29, 0.717) is 0 Å². The summed E-state index contributed by atoms with van der Waals surface area (Å²) in [4.78, 5) is 10.8. The molecule has 80 heavy (non-hydrogen) atoms. The summed E-state index contributed by atoms with van der Waals surface area (Å²) in [5, 5.41) is 1.32. The Hall–Kier alpha value is -10.2. The van der Waals surface area contributed by atoms with E-state index in [2.05, 4.69) is 335 Å². The van der Waals surface area contributed by atoms with Crippen LogP contribution < -0.4 is 19.6 Å². The topological polar surface area (TPSA) is 13.0 Å². The predicted molar refractivity (Wildman–Crippen MR) is 340 cm³/mol. The molecule has 5 heteroatoms. The number of benzene rings is 12. The van der Waals surface area contributed by atoms with Crippen LogP contribution in [0, 0.1) is 0 Å². The molecule has 0 fully saturated rings. The van der Waals surface area contributed by atoms with Crippen LogP contribution in [0.1, 0.15) is 11.1 Å². The summed E-state index contributed by atoms with van der Waals surface area (Å²) in [6.07, 6.45) is 0.872. The van der Waals surface area contributed by atoms with Crippen LogP contribution >= 0.6 is 11.3 Å². The number of hydrogen-bond acceptors (Lipinski definition) is 5. The molecule has 1 aliphatic rings. The van der Waals surface area contributed by atoms with Crippen molar-refractivity contribution < 1.29 is 0 Å². The maximum atomic E-state index is 2.44. The first-order valence-electron chi connectivity index (χ1n) is 27.3. The maximum Gasteiger partial charge on any atom is 0.0488 e. The highest BCUT2D eigenvalue weighted by Crippen LogP contribution is 2.51. The van der Waals surface area contributed by atoms with E-state index < -0.39 is 0 Å². The molecule has 0 saturated carbocycles. The lowest BCUT2D eigenvalue weighted by atomic mass is 9.98. The Balaban J connectivity index is 0.880. The maximum absolute atomic E-state index is 2.44. The molecule has 380 valence electrons. The highest BCUT2D eigenvalue weighted by atomic mass is 32.1. The molecule has 0 spiro atoms. The van der Waals surface area contributed by atoms with Gasteiger partial charge in [0, 0.05) is 84.2 Å². The quantitative estimate of drug-likeness (QED) is 0.108. The van der Waals surface area contributed by atoms with Gasteiger partial charge in [-0.25, -0.2) is 0 Å². The Bertz CT molecular complexity index is 3890. The Labute approximate surface area is 472 Å². The van der Waals surface area contributed by atoms with Crippen molar-refractivity contribution in [2.24, 2.45) is 0 Å². The van der Waals surface area contributed by atoms with Crippen LogP contribution in [0.15, 0.2) is 315 Å². The van der Waals surface area contributed by atoms with Crippen LogP contribution in [0.2, 0.25) is 0 Å². The molecule has 1 aromatic heterocycles. The number of thiophene rings is 1. The van der Waals surface area contributed by atoms with Gasteiger partial charge in [0.15, 0.2) is 0 Å². The molecule has 0 bridgehead atoms. The highest BCUT2D eigenvalue weighted by Gasteiger charge is 2.27. The number of hydrogen-bond donors (Lipinski definition) is 0. The smallest absolute Gasteiger partial charge is 0.0488 e. The summed E-state index contributed by atoms with van der Waals surface area (Å²) in [7, 11) is 0. The van der Waals surface area contributed by atoms with Crippen molar-refractivity contribution in [2.45, 2.75) is 6.42 Å². The van der Waals surface area contributed by atoms with Crippen molar-refractivity contribution in [2.75, 3.05) is 19.6 Å². The van der Waals surface area contributed by atoms with Gasteiger partial charge in [-0.1, -0.05) is 176 Å². The van der Waals surface area contributed by atoms with Crippen molar-refractivity contribution in [3.05, 3.63) is 327 Å². The second kappa shape index (κ2) is 21.3. The molecule has 0 unspecified atom stereocenters. The van der Waals surface area contributed by atoms with E-state index in [1.54, 1.807) is 0 Å². The molecule has 0 saturated heterocycles. The van der Waals surface area contributed by atoms with Crippen LogP contribution in [0.3, 0.4) is 0 Å². The third-order valence-corrected chi connectivity index (χ3v) is 16.4. The van der Waals surface area contributed by atoms with Gasteiger partial charge in [0.25, 0.3) is 0 Å². The van der Waals surface area contributed by atoms with Crippen molar-refractivity contribution in [1.82, 2.24) is 0 Å². The molecular weight excluding hydrogens is 989 g/mol. The minimum absolute atomic E-state index is 0.872. The van der Waals surface area contributed by atoms with Gasteiger partial charge < -0.3 is 19.6 Å². The highest BCUT2D eigenvalue weighted by molar-refractivity contribution is 7.22. The lowest BCUT2D eigenvalue weighted by Gasteiger charge is -2.30. The Kier molecular flexibility index (Phi) is 12.8. The van der Waals surface area contributed by atoms with Crippen LogP contribution in [0.4, 0.5) is 68.2 Å². The molecule has 0 amide bonds. The summed E-state index contributed by atoms with van der Waals surface area (Å²) in [5.41, 5.74) is 21.8. The van der Waals surface area contributed by atoms with Gasteiger partial charge >= 0.3 is 0 Å². The van der Waals surface area contributed by atoms with Gasteiger partial charge in [-0.3, -0.25) is 0 Å². The van der Waals surface area contributed by atoms with Crippen molar-refractivity contribution in [3.63, 3.8) is 0 Å². The Morgan fingerprint density at radius 1 is 0.237 bits per heavy atom. The molecule has 1 heterocycles. The lowest BCUT2D eigenvalue weighted by Crippen LogP contribution is -2.13. The van der Waals surface area contributed by atoms with E-state index in [4.69, 9.17) is 0 Å². The van der Waals surface area contributed by atoms with E-state index in [0.717, 1.165) is 85.8 Å². The van der Waals surface area contributed by atoms with Gasteiger partial charge in [0.2, 0.25) is 0 Å². The average Bonchev–Trinajstić information content (AvgIpc) is 4.16. The van der Waals surface area contributed by atoms with E-state index in [-0.39, 0.29) is 0 Å². The van der Waals surface area contributed by atoms with Gasteiger partial charge in [-0.05, 0) is 184 Å². The van der Waals surface area contributed by atoms with Crippen molar-refractivity contribution in [1.29, 1.82) is 0 Å². The average molecular weight is 1040 g/mol. The molecule has 14 rings (SSSR count). The van der Waals surface area contributed by atoms with Crippen LogP contribution in [-0.2, 0) is 6.42 Å². The predicted octanol–water partition coefficient (Wildman–Crippen LogP) is 21.7. The lowest BCUT2D eigenvalue weighted by molar-refractivity contribution is 1.25. The normalized spacial score (nSPS) is 11.4. The number of anilines is 12. The number of para-hydroxylation sites is 8. The Morgan fingerprint density at radius 2 is 0.525 bits per heavy atom. The molecule has 1 aliphatic carbocycles. The number of nitrogens with zero attached hydrogens (tertiary/aromatic N) is 4. The van der Waals surface area contributed by atoms with Gasteiger partial charge in [-0.15, -0.1) is 11.3 Å². The fourth-order valence-electron chi connectivity index (χ4n) is 11.5. The van der Waals surface area contributed by atoms with E-state index in [9.17, 15) is 0 Å². The molecule has 0 aliphatic heterocycles. The third-order valence-electron chi connectivity index (χ3n) is 15.1. The Morgan fingerprint density at radius 3 is 0.838 bits per heavy atom. The van der Waals surface area contributed by atoms with E-state index >= 15 is 0 Å². The molecule has 0 radical (unpaired) electrons. The summed E-state index contributed by atoms with van der Waals surface area (Å²) in [6, 6.07) is 114. The fraction of sp³-hybridized carbons (Fsp3) is 0.0133. The first-order valence-corrected chi connectivity index (χ1v) is 28.1. The zero-order valence-electron chi connectivity index (χ0n) is 43.9. The summed E-state index contributed by atoms with van der Waals surface area (Å²) < 4.78 is 1.29. The zero-order chi connectivity index (χ0) is 53.2. The fourth-order valence-corrected chi connectivity index (χ4v) is 12.8.